The highest BCUT2D eigenvalue weighted by molar-refractivity contribution is 7.99. The van der Waals surface area contributed by atoms with Gasteiger partial charge in [-0.15, -0.1) is 11.8 Å². The molecule has 1 amide bonds. The summed E-state index contributed by atoms with van der Waals surface area (Å²) in [6.45, 7) is 5.54. The predicted octanol–water partition coefficient (Wildman–Crippen LogP) is 6.28. The predicted molar refractivity (Wildman–Crippen MR) is 123 cm³/mol. The van der Waals surface area contributed by atoms with Gasteiger partial charge in [0.05, 0.1) is 22.4 Å². The number of thioether (sulfide) groups is 1. The molecule has 7 heteroatoms. The van der Waals surface area contributed by atoms with Crippen LogP contribution < -0.4 is 4.90 Å². The van der Waals surface area contributed by atoms with Crippen molar-refractivity contribution in [3.63, 3.8) is 0 Å². The lowest BCUT2D eigenvalue weighted by Crippen LogP contribution is -2.37. The fourth-order valence-corrected chi connectivity index (χ4v) is 5.56. The molecule has 1 unspecified atom stereocenters. The molecule has 1 saturated heterocycles. The van der Waals surface area contributed by atoms with E-state index >= 15 is 0 Å². The van der Waals surface area contributed by atoms with Crippen LogP contribution in [0.3, 0.4) is 0 Å². The molecule has 1 aliphatic rings. The van der Waals surface area contributed by atoms with E-state index in [1.807, 2.05) is 42.5 Å². The molecule has 2 aromatic carbocycles. The van der Waals surface area contributed by atoms with Gasteiger partial charge in [-0.05, 0) is 43.2 Å². The number of nitrogens with zero attached hydrogens (tertiary/aromatic N) is 2. The summed E-state index contributed by atoms with van der Waals surface area (Å²) in [5, 5.41) is 1.72. The van der Waals surface area contributed by atoms with Crippen LogP contribution in [0.2, 0.25) is 5.02 Å². The highest BCUT2D eigenvalue weighted by atomic mass is 35.5. The highest BCUT2D eigenvalue weighted by Gasteiger charge is 2.27. The van der Waals surface area contributed by atoms with E-state index in [0.29, 0.717) is 27.5 Å². The molecule has 1 atom stereocenters. The summed E-state index contributed by atoms with van der Waals surface area (Å²) < 4.78 is 6.79. The number of hydrogen-bond donors (Lipinski definition) is 0. The Bertz CT molecular complexity index is 1010. The van der Waals surface area contributed by atoms with Gasteiger partial charge in [0.1, 0.15) is 5.52 Å². The number of amides is 1. The van der Waals surface area contributed by atoms with Gasteiger partial charge in [0.2, 0.25) is 0 Å². The number of aromatic nitrogens is 1. The van der Waals surface area contributed by atoms with Crippen molar-refractivity contribution in [3.05, 3.63) is 53.1 Å². The van der Waals surface area contributed by atoms with Gasteiger partial charge < -0.3 is 4.74 Å². The maximum absolute atomic E-state index is 13.5. The molecule has 1 fully saturated rings. The summed E-state index contributed by atoms with van der Waals surface area (Å²) in [6, 6.07) is 13.5. The molecule has 0 aliphatic carbocycles. The molecule has 29 heavy (non-hydrogen) atoms. The second-order valence-electron chi connectivity index (χ2n) is 7.33. The maximum atomic E-state index is 13.5. The topological polar surface area (TPSA) is 42.4 Å². The van der Waals surface area contributed by atoms with Crippen molar-refractivity contribution in [2.24, 2.45) is 0 Å². The quantitative estimate of drug-likeness (QED) is 0.418. The number of benzene rings is 2. The lowest BCUT2D eigenvalue weighted by atomic mass is 10.2. The standard InChI is InChI=1S/C22H23ClN2O2S2/c1-14(2)28-17-8-3-6-15(12-17)21(26)25(13-16-7-5-11-27-16)22-24-20-18(23)9-4-10-19(20)29-22/h3-4,6,8-10,12,14,16H,5,7,11,13H2,1-2H3. The maximum Gasteiger partial charge on any atom is 0.260 e. The first kappa shape index (κ1) is 20.7. The lowest BCUT2D eigenvalue weighted by Gasteiger charge is -2.23. The first-order valence-corrected chi connectivity index (χ1v) is 11.8. The minimum Gasteiger partial charge on any atom is -0.376 e. The molecule has 0 bridgehead atoms. The zero-order chi connectivity index (χ0) is 20.4. The minimum absolute atomic E-state index is 0.0367. The normalized spacial score (nSPS) is 16.6. The van der Waals surface area contributed by atoms with Gasteiger partial charge in [0.25, 0.3) is 5.91 Å². The Morgan fingerprint density at radius 2 is 2.17 bits per heavy atom. The molecule has 0 radical (unpaired) electrons. The average Bonchev–Trinajstić information content (AvgIpc) is 3.35. The van der Waals surface area contributed by atoms with E-state index in [4.69, 9.17) is 21.3 Å². The molecule has 4 nitrogen and oxygen atoms in total. The van der Waals surface area contributed by atoms with Gasteiger partial charge >= 0.3 is 0 Å². The summed E-state index contributed by atoms with van der Waals surface area (Å²) in [4.78, 5) is 21.1. The number of carbonyl (C=O) groups excluding carboxylic acids is 1. The van der Waals surface area contributed by atoms with Crippen LogP contribution in [-0.4, -0.2) is 35.4 Å². The number of halogens is 1. The summed E-state index contributed by atoms with van der Waals surface area (Å²) in [5.74, 6) is -0.0538. The van der Waals surface area contributed by atoms with Crippen molar-refractivity contribution in [1.82, 2.24) is 4.98 Å². The zero-order valence-electron chi connectivity index (χ0n) is 16.4. The first-order valence-electron chi connectivity index (χ1n) is 9.76. The number of carbonyl (C=O) groups is 1. The molecule has 3 aromatic rings. The second kappa shape index (κ2) is 9.04. The van der Waals surface area contributed by atoms with Gasteiger partial charge in [0, 0.05) is 22.3 Å². The van der Waals surface area contributed by atoms with Crippen LogP contribution in [0.25, 0.3) is 10.2 Å². The Kier molecular flexibility index (Phi) is 6.44. The van der Waals surface area contributed by atoms with Crippen LogP contribution in [0.15, 0.2) is 47.4 Å². The van der Waals surface area contributed by atoms with Crippen LogP contribution in [0.4, 0.5) is 5.13 Å². The zero-order valence-corrected chi connectivity index (χ0v) is 18.8. The van der Waals surface area contributed by atoms with E-state index in [9.17, 15) is 4.79 Å². The lowest BCUT2D eigenvalue weighted by molar-refractivity contribution is 0.0917. The van der Waals surface area contributed by atoms with E-state index in [1.54, 1.807) is 16.7 Å². The Labute approximate surface area is 184 Å². The van der Waals surface area contributed by atoms with E-state index < -0.39 is 0 Å². The molecule has 2 heterocycles. The van der Waals surface area contributed by atoms with Crippen molar-refractivity contribution in [2.75, 3.05) is 18.1 Å². The average molecular weight is 447 g/mol. The number of fused-ring (bicyclic) bond motifs is 1. The second-order valence-corrected chi connectivity index (χ2v) is 10.4. The van der Waals surface area contributed by atoms with E-state index in [1.165, 1.54) is 11.3 Å². The fourth-order valence-electron chi connectivity index (χ4n) is 3.39. The molecule has 152 valence electrons. The van der Waals surface area contributed by atoms with Gasteiger partial charge in [0.15, 0.2) is 5.13 Å². The van der Waals surface area contributed by atoms with Crippen molar-refractivity contribution in [1.29, 1.82) is 0 Å². The van der Waals surface area contributed by atoms with Crippen LogP contribution in [-0.2, 0) is 4.74 Å². The monoisotopic (exact) mass is 446 g/mol. The van der Waals surface area contributed by atoms with Gasteiger partial charge in [-0.1, -0.05) is 48.9 Å². The van der Waals surface area contributed by atoms with Gasteiger partial charge in [-0.3, -0.25) is 9.69 Å². The largest absolute Gasteiger partial charge is 0.376 e. The van der Waals surface area contributed by atoms with Gasteiger partial charge in [-0.2, -0.15) is 0 Å². The van der Waals surface area contributed by atoms with Crippen LogP contribution in [0.1, 0.15) is 37.0 Å². The van der Waals surface area contributed by atoms with Crippen molar-refractivity contribution in [2.45, 2.75) is 42.9 Å². The smallest absolute Gasteiger partial charge is 0.260 e. The number of hydrogen-bond acceptors (Lipinski definition) is 5. The molecule has 4 rings (SSSR count). The van der Waals surface area contributed by atoms with E-state index in [0.717, 1.165) is 34.6 Å². The third-order valence-electron chi connectivity index (χ3n) is 4.70. The fraction of sp³-hybridized carbons (Fsp3) is 0.364. The van der Waals surface area contributed by atoms with Crippen molar-refractivity contribution in [3.8, 4) is 0 Å². The molecular formula is C22H23ClN2O2S2. The molecule has 0 spiro atoms. The van der Waals surface area contributed by atoms with E-state index in [-0.39, 0.29) is 12.0 Å². The Hall–Kier alpha value is -1.60. The summed E-state index contributed by atoms with van der Waals surface area (Å²) in [6.07, 6.45) is 2.02. The number of para-hydroxylation sites is 1. The Balaban J connectivity index is 1.69. The van der Waals surface area contributed by atoms with Gasteiger partial charge in [-0.25, -0.2) is 4.98 Å². The summed E-state index contributed by atoms with van der Waals surface area (Å²) >= 11 is 9.56. The number of ether oxygens (including phenoxy) is 1. The molecule has 1 aliphatic heterocycles. The third kappa shape index (κ3) is 4.77. The Morgan fingerprint density at radius 1 is 1.34 bits per heavy atom. The highest BCUT2D eigenvalue weighted by Crippen LogP contribution is 2.34. The summed E-state index contributed by atoms with van der Waals surface area (Å²) in [7, 11) is 0. The van der Waals surface area contributed by atoms with Crippen molar-refractivity contribution >= 4 is 56.0 Å². The molecular weight excluding hydrogens is 424 g/mol. The SMILES string of the molecule is CC(C)Sc1cccc(C(=O)N(CC2CCCO2)c2nc3c(Cl)cccc3s2)c1. The van der Waals surface area contributed by atoms with Crippen LogP contribution >= 0.6 is 34.7 Å². The third-order valence-corrected chi connectivity index (χ3v) is 7.04. The number of anilines is 1. The van der Waals surface area contributed by atoms with Crippen LogP contribution in [0.5, 0.6) is 0 Å². The summed E-state index contributed by atoms with van der Waals surface area (Å²) in [5.41, 5.74) is 1.41. The van der Waals surface area contributed by atoms with Crippen molar-refractivity contribution < 1.29 is 9.53 Å². The molecule has 0 N–H and O–H groups in total. The molecule has 1 aromatic heterocycles. The van der Waals surface area contributed by atoms with E-state index in [2.05, 4.69) is 13.8 Å². The Morgan fingerprint density at radius 3 is 2.90 bits per heavy atom. The van der Waals surface area contributed by atoms with Crippen LogP contribution in [0, 0.1) is 0 Å². The number of thiazole rings is 1. The number of rotatable bonds is 6. The minimum atomic E-state index is -0.0538. The first-order chi connectivity index (χ1) is 14.0. The molecule has 0 saturated carbocycles.